The van der Waals surface area contributed by atoms with Crippen LogP contribution in [0, 0.1) is 5.92 Å². The zero-order valence-electron chi connectivity index (χ0n) is 14.7. The van der Waals surface area contributed by atoms with Crippen molar-refractivity contribution in [2.24, 2.45) is 10.9 Å². The Balaban J connectivity index is 0.00000288. The Morgan fingerprint density at radius 2 is 1.96 bits per heavy atom. The van der Waals surface area contributed by atoms with E-state index in [4.69, 9.17) is 0 Å². The van der Waals surface area contributed by atoms with E-state index >= 15 is 0 Å². The molecule has 1 aromatic carbocycles. The predicted molar refractivity (Wildman–Crippen MR) is 111 cm³/mol. The van der Waals surface area contributed by atoms with Gasteiger partial charge in [0.25, 0.3) is 0 Å². The first-order valence-corrected chi connectivity index (χ1v) is 8.22. The molecule has 1 heterocycles. The Hall–Kier alpha value is -1.57. The molecule has 0 aliphatic rings. The van der Waals surface area contributed by atoms with Crippen LogP contribution < -0.4 is 10.6 Å². The zero-order valence-corrected chi connectivity index (χ0v) is 17.0. The first kappa shape index (κ1) is 20.5. The number of hydrogen-bond acceptors (Lipinski definition) is 2. The van der Waals surface area contributed by atoms with Crippen molar-refractivity contribution in [3.8, 4) is 5.69 Å². The number of nitrogens with one attached hydrogen (secondary N) is 2. The van der Waals surface area contributed by atoms with Crippen molar-refractivity contribution >= 4 is 29.9 Å². The van der Waals surface area contributed by atoms with E-state index in [9.17, 15) is 0 Å². The molecule has 0 saturated carbocycles. The van der Waals surface area contributed by atoms with Crippen molar-refractivity contribution in [1.29, 1.82) is 0 Å². The van der Waals surface area contributed by atoms with Crippen molar-refractivity contribution in [1.82, 2.24) is 20.4 Å². The van der Waals surface area contributed by atoms with Crippen molar-refractivity contribution in [3.63, 3.8) is 0 Å². The second-order valence-corrected chi connectivity index (χ2v) is 6.02. The van der Waals surface area contributed by atoms with Crippen LogP contribution >= 0.6 is 24.0 Å². The summed E-state index contributed by atoms with van der Waals surface area (Å²) in [5.41, 5.74) is 2.19. The number of guanidine groups is 1. The third-order valence-electron chi connectivity index (χ3n) is 3.59. The molecule has 0 atom stereocenters. The smallest absolute Gasteiger partial charge is 0.191 e. The van der Waals surface area contributed by atoms with Crippen LogP contribution in [0.3, 0.4) is 0 Å². The molecule has 132 valence electrons. The van der Waals surface area contributed by atoms with Gasteiger partial charge in [-0.1, -0.05) is 32.0 Å². The SMILES string of the molecule is CN=C(NCCCC(C)C)NCc1cnn(-c2ccccc2)c1.I. The largest absolute Gasteiger partial charge is 0.356 e. The van der Waals surface area contributed by atoms with Crippen molar-refractivity contribution in [3.05, 3.63) is 48.3 Å². The topological polar surface area (TPSA) is 54.2 Å². The van der Waals surface area contributed by atoms with Gasteiger partial charge in [0, 0.05) is 31.9 Å². The van der Waals surface area contributed by atoms with E-state index in [-0.39, 0.29) is 24.0 Å². The van der Waals surface area contributed by atoms with E-state index in [1.807, 2.05) is 47.4 Å². The molecule has 0 spiro atoms. The number of nitrogens with zero attached hydrogens (tertiary/aromatic N) is 3. The van der Waals surface area contributed by atoms with Gasteiger partial charge in [-0.2, -0.15) is 5.10 Å². The fourth-order valence-electron chi connectivity index (χ4n) is 2.30. The van der Waals surface area contributed by atoms with E-state index in [0.29, 0.717) is 6.54 Å². The normalized spacial score (nSPS) is 11.2. The van der Waals surface area contributed by atoms with Gasteiger partial charge in [0.2, 0.25) is 0 Å². The minimum Gasteiger partial charge on any atom is -0.356 e. The van der Waals surface area contributed by atoms with Crippen LogP contribution in [0.2, 0.25) is 0 Å². The maximum atomic E-state index is 4.40. The number of aromatic nitrogens is 2. The fourth-order valence-corrected chi connectivity index (χ4v) is 2.30. The highest BCUT2D eigenvalue weighted by molar-refractivity contribution is 14.0. The second kappa shape index (κ2) is 11.1. The second-order valence-electron chi connectivity index (χ2n) is 6.02. The molecule has 24 heavy (non-hydrogen) atoms. The van der Waals surface area contributed by atoms with Crippen molar-refractivity contribution in [2.75, 3.05) is 13.6 Å². The van der Waals surface area contributed by atoms with Crippen LogP contribution in [0.1, 0.15) is 32.3 Å². The van der Waals surface area contributed by atoms with Gasteiger partial charge < -0.3 is 10.6 Å². The number of aliphatic imine (C=N–C) groups is 1. The van der Waals surface area contributed by atoms with E-state index in [1.165, 1.54) is 6.42 Å². The molecular formula is C18H28IN5. The van der Waals surface area contributed by atoms with Gasteiger partial charge in [-0.3, -0.25) is 4.99 Å². The lowest BCUT2D eigenvalue weighted by molar-refractivity contribution is 0.549. The number of hydrogen-bond donors (Lipinski definition) is 2. The highest BCUT2D eigenvalue weighted by Gasteiger charge is 2.02. The zero-order chi connectivity index (χ0) is 16.5. The summed E-state index contributed by atoms with van der Waals surface area (Å²) in [6.07, 6.45) is 6.30. The molecule has 0 saturated heterocycles. The van der Waals surface area contributed by atoms with E-state index < -0.39 is 0 Å². The van der Waals surface area contributed by atoms with Gasteiger partial charge >= 0.3 is 0 Å². The Bertz CT molecular complexity index is 607. The summed E-state index contributed by atoms with van der Waals surface area (Å²) in [5.74, 6) is 1.58. The first-order chi connectivity index (χ1) is 11.2. The summed E-state index contributed by atoms with van der Waals surface area (Å²) in [4.78, 5) is 4.25. The molecule has 1 aromatic heterocycles. The maximum Gasteiger partial charge on any atom is 0.191 e. The summed E-state index contributed by atoms with van der Waals surface area (Å²) in [6.45, 7) is 6.15. The highest BCUT2D eigenvalue weighted by atomic mass is 127. The van der Waals surface area contributed by atoms with Crippen LogP contribution in [-0.4, -0.2) is 29.3 Å². The Morgan fingerprint density at radius 3 is 2.62 bits per heavy atom. The Morgan fingerprint density at radius 1 is 1.21 bits per heavy atom. The highest BCUT2D eigenvalue weighted by Crippen LogP contribution is 2.07. The van der Waals surface area contributed by atoms with E-state index in [0.717, 1.165) is 36.1 Å². The number of benzene rings is 1. The summed E-state index contributed by atoms with van der Waals surface area (Å²) in [6, 6.07) is 10.1. The quantitative estimate of drug-likeness (QED) is 0.299. The maximum absolute atomic E-state index is 4.40. The van der Waals surface area contributed by atoms with E-state index in [1.54, 1.807) is 7.05 Å². The lowest BCUT2D eigenvalue weighted by Crippen LogP contribution is -2.37. The van der Waals surface area contributed by atoms with Gasteiger partial charge in [0.1, 0.15) is 0 Å². The lowest BCUT2D eigenvalue weighted by atomic mass is 10.1. The average molecular weight is 441 g/mol. The molecule has 0 bridgehead atoms. The lowest BCUT2D eigenvalue weighted by Gasteiger charge is -2.11. The molecule has 0 aliphatic heterocycles. The van der Waals surface area contributed by atoms with Gasteiger partial charge in [-0.15, -0.1) is 24.0 Å². The molecule has 2 aromatic rings. The minimum atomic E-state index is 0. The van der Waals surface area contributed by atoms with Gasteiger partial charge in [0.05, 0.1) is 11.9 Å². The van der Waals surface area contributed by atoms with E-state index in [2.05, 4.69) is 34.6 Å². The third-order valence-corrected chi connectivity index (χ3v) is 3.59. The van der Waals surface area contributed by atoms with Crippen molar-refractivity contribution < 1.29 is 0 Å². The Labute approximate surface area is 162 Å². The monoisotopic (exact) mass is 441 g/mol. The Kier molecular flexibility index (Phi) is 9.44. The standard InChI is InChI=1S/C18H27N5.HI/c1-15(2)8-7-11-20-18(19-3)21-12-16-13-22-23(14-16)17-9-5-4-6-10-17;/h4-6,9-10,13-15H,7-8,11-12H2,1-3H3,(H2,19,20,21);1H. The number of halogens is 1. The molecule has 0 aliphatic carbocycles. The predicted octanol–water partition coefficient (Wildman–Crippen LogP) is 3.59. The van der Waals surface area contributed by atoms with Crippen LogP contribution in [0.5, 0.6) is 0 Å². The molecule has 0 amide bonds. The summed E-state index contributed by atoms with van der Waals surface area (Å²) >= 11 is 0. The molecule has 0 radical (unpaired) electrons. The van der Waals surface area contributed by atoms with Gasteiger partial charge in [-0.05, 0) is 30.9 Å². The van der Waals surface area contributed by atoms with Gasteiger partial charge in [-0.25, -0.2) is 4.68 Å². The summed E-state index contributed by atoms with van der Waals surface area (Å²) < 4.78 is 1.88. The fraction of sp³-hybridized carbons (Fsp3) is 0.444. The molecule has 2 rings (SSSR count). The van der Waals surface area contributed by atoms with Crippen molar-refractivity contribution in [2.45, 2.75) is 33.2 Å². The molecule has 0 fully saturated rings. The summed E-state index contributed by atoms with van der Waals surface area (Å²) in [5, 5.41) is 11.1. The van der Waals surface area contributed by atoms with Gasteiger partial charge in [0.15, 0.2) is 5.96 Å². The first-order valence-electron chi connectivity index (χ1n) is 8.22. The molecule has 2 N–H and O–H groups in total. The van der Waals surface area contributed by atoms with Crippen LogP contribution in [0.15, 0.2) is 47.7 Å². The molecule has 6 heteroatoms. The molecule has 5 nitrogen and oxygen atoms in total. The van der Waals surface area contributed by atoms with Crippen LogP contribution in [0.4, 0.5) is 0 Å². The minimum absolute atomic E-state index is 0. The summed E-state index contributed by atoms with van der Waals surface area (Å²) in [7, 11) is 1.80. The average Bonchev–Trinajstić information content (AvgIpc) is 3.04. The number of rotatable bonds is 7. The third kappa shape index (κ3) is 6.90. The number of para-hydroxylation sites is 1. The molecule has 0 unspecified atom stereocenters. The molecular weight excluding hydrogens is 413 g/mol. The van der Waals surface area contributed by atoms with Crippen LogP contribution in [-0.2, 0) is 6.54 Å². The van der Waals surface area contributed by atoms with Crippen LogP contribution in [0.25, 0.3) is 5.69 Å².